The Morgan fingerprint density at radius 1 is 1.31 bits per heavy atom. The molecule has 182 valence electrons. The quantitative estimate of drug-likeness (QED) is 0.408. The number of carbonyl (C=O) groups excluding carboxylic acids is 1. The molecular weight excluding hydrogens is 624 g/mol. The third-order valence-corrected chi connectivity index (χ3v) is 7.70. The van der Waals surface area contributed by atoms with Gasteiger partial charge in [-0.3, -0.25) is 9.36 Å². The fraction of sp³-hybridized carbons (Fsp3) is 0.208. The van der Waals surface area contributed by atoms with Gasteiger partial charge in [0.05, 0.1) is 45.1 Å². The van der Waals surface area contributed by atoms with Crippen LogP contribution >= 0.6 is 54.8 Å². The molecule has 0 saturated carbocycles. The van der Waals surface area contributed by atoms with Crippen LogP contribution < -0.4 is 19.6 Å². The van der Waals surface area contributed by atoms with Crippen molar-refractivity contribution in [1.82, 2.24) is 4.57 Å². The molecule has 1 aliphatic heterocycles. The Morgan fingerprint density at radius 3 is 2.71 bits per heavy atom. The minimum Gasteiger partial charge on any atom is -0.506 e. The van der Waals surface area contributed by atoms with Crippen LogP contribution in [0.3, 0.4) is 0 Å². The maximum absolute atomic E-state index is 13.7. The Kier molecular flexibility index (Phi) is 7.56. The van der Waals surface area contributed by atoms with Gasteiger partial charge in [0.25, 0.3) is 5.56 Å². The highest BCUT2D eigenvalue weighted by molar-refractivity contribution is 9.10. The normalized spacial score (nSPS) is 15.6. The van der Waals surface area contributed by atoms with E-state index < -0.39 is 12.0 Å². The van der Waals surface area contributed by atoms with Gasteiger partial charge in [-0.2, -0.15) is 0 Å². The van der Waals surface area contributed by atoms with Crippen LogP contribution in [0.5, 0.6) is 11.5 Å². The summed E-state index contributed by atoms with van der Waals surface area (Å²) in [5, 5.41) is 10.6. The highest BCUT2D eigenvalue weighted by Crippen LogP contribution is 2.35. The van der Waals surface area contributed by atoms with Gasteiger partial charge in [0.2, 0.25) is 0 Å². The standard InChI is InChI=1S/C24H19Br2ClN2O5S/c1-4-34-23(32)19-11(2)28-24-29(20(19)12-5-6-17(33-3)15(26)8-12)22(31)18(35-24)9-13-7-14(25)10-16(27)21(13)30/h5-10,20,30H,4H2,1-3H3/b18-9+/t20-/m0/s1. The fourth-order valence-corrected chi connectivity index (χ4v) is 6.23. The second-order valence-corrected chi connectivity index (χ2v) is 10.7. The van der Waals surface area contributed by atoms with Gasteiger partial charge in [0.15, 0.2) is 4.80 Å². The second-order valence-electron chi connectivity index (χ2n) is 7.52. The Balaban J connectivity index is 1.99. The van der Waals surface area contributed by atoms with Crippen molar-refractivity contribution < 1.29 is 19.4 Å². The summed E-state index contributed by atoms with van der Waals surface area (Å²) in [4.78, 5) is 31.6. The Morgan fingerprint density at radius 2 is 2.06 bits per heavy atom. The summed E-state index contributed by atoms with van der Waals surface area (Å²) in [5.74, 6) is -0.0716. The molecule has 0 aliphatic carbocycles. The van der Waals surface area contributed by atoms with Crippen LogP contribution in [0.1, 0.15) is 31.0 Å². The number of aromatic hydroxyl groups is 1. The van der Waals surface area contributed by atoms with Crippen molar-refractivity contribution in [2.75, 3.05) is 13.7 Å². The molecule has 35 heavy (non-hydrogen) atoms. The molecule has 2 heterocycles. The number of rotatable bonds is 5. The minimum absolute atomic E-state index is 0.139. The highest BCUT2D eigenvalue weighted by Gasteiger charge is 2.33. The van der Waals surface area contributed by atoms with Crippen molar-refractivity contribution >= 4 is 66.8 Å². The number of phenols is 1. The van der Waals surface area contributed by atoms with Crippen molar-refractivity contribution in [2.45, 2.75) is 19.9 Å². The SMILES string of the molecule is CCOC(=O)C1=C(C)N=c2s/c(=C/c3cc(Br)cc(Cl)c3O)c(=O)n2[C@H]1c1ccc(OC)c(Br)c1. The molecule has 4 rings (SSSR count). The maximum Gasteiger partial charge on any atom is 0.338 e. The third kappa shape index (κ3) is 4.84. The lowest BCUT2D eigenvalue weighted by Crippen LogP contribution is -2.40. The number of allylic oxidation sites excluding steroid dienone is 1. The number of esters is 1. The second kappa shape index (κ2) is 10.3. The van der Waals surface area contributed by atoms with Gasteiger partial charge in [-0.15, -0.1) is 0 Å². The van der Waals surface area contributed by atoms with E-state index in [2.05, 4.69) is 36.9 Å². The number of phenolic OH excluding ortho intramolecular Hbond substituents is 1. The van der Waals surface area contributed by atoms with E-state index in [0.29, 0.717) is 40.9 Å². The van der Waals surface area contributed by atoms with Crippen molar-refractivity contribution in [3.8, 4) is 11.5 Å². The van der Waals surface area contributed by atoms with Gasteiger partial charge in [-0.25, -0.2) is 9.79 Å². The Bertz CT molecular complexity index is 1560. The lowest BCUT2D eigenvalue weighted by Gasteiger charge is -2.25. The molecule has 1 aliphatic rings. The van der Waals surface area contributed by atoms with Crippen LogP contribution in [0.4, 0.5) is 0 Å². The zero-order valence-corrected chi connectivity index (χ0v) is 23.5. The summed E-state index contributed by atoms with van der Waals surface area (Å²) in [6.07, 6.45) is 1.56. The third-order valence-electron chi connectivity index (χ3n) is 5.35. The van der Waals surface area contributed by atoms with Crippen LogP contribution in [-0.4, -0.2) is 29.4 Å². The molecule has 11 heteroatoms. The predicted molar refractivity (Wildman–Crippen MR) is 142 cm³/mol. The van der Waals surface area contributed by atoms with E-state index >= 15 is 0 Å². The summed E-state index contributed by atoms with van der Waals surface area (Å²) < 4.78 is 13.8. The number of ether oxygens (including phenoxy) is 2. The molecule has 7 nitrogen and oxygen atoms in total. The molecule has 0 saturated heterocycles. The zero-order chi connectivity index (χ0) is 25.4. The number of hydrogen-bond acceptors (Lipinski definition) is 7. The number of fused-ring (bicyclic) bond motifs is 1. The molecular formula is C24H19Br2ClN2O5S. The predicted octanol–water partition coefficient (Wildman–Crippen LogP) is 4.69. The number of methoxy groups -OCH3 is 1. The van der Waals surface area contributed by atoms with E-state index in [9.17, 15) is 14.7 Å². The Hall–Kier alpha value is -2.40. The lowest BCUT2D eigenvalue weighted by atomic mass is 9.96. The van der Waals surface area contributed by atoms with Crippen LogP contribution in [0, 0.1) is 0 Å². The van der Waals surface area contributed by atoms with Crippen LogP contribution in [0.2, 0.25) is 5.02 Å². The first-order valence-corrected chi connectivity index (χ1v) is 13.1. The average molecular weight is 643 g/mol. The Labute approximate surface area is 226 Å². The van der Waals surface area contributed by atoms with Gasteiger partial charge in [-0.05, 0) is 65.7 Å². The van der Waals surface area contributed by atoms with E-state index in [0.717, 1.165) is 11.3 Å². The number of benzene rings is 2. The number of halogens is 3. The van der Waals surface area contributed by atoms with Crippen LogP contribution in [0.25, 0.3) is 6.08 Å². The zero-order valence-electron chi connectivity index (χ0n) is 18.8. The van der Waals surface area contributed by atoms with Crippen LogP contribution in [0.15, 0.2) is 60.3 Å². The number of aromatic nitrogens is 1. The number of hydrogen-bond donors (Lipinski definition) is 1. The topological polar surface area (TPSA) is 90.1 Å². The summed E-state index contributed by atoms with van der Waals surface area (Å²) in [6, 6.07) is 7.81. The van der Waals surface area contributed by atoms with Gasteiger partial charge in [0, 0.05) is 10.0 Å². The number of carbonyl (C=O) groups is 1. The lowest BCUT2D eigenvalue weighted by molar-refractivity contribution is -0.139. The molecule has 2 aromatic carbocycles. The highest BCUT2D eigenvalue weighted by atomic mass is 79.9. The van der Waals surface area contributed by atoms with Gasteiger partial charge in [-0.1, -0.05) is 44.9 Å². The first-order valence-electron chi connectivity index (χ1n) is 10.4. The molecule has 1 N–H and O–H groups in total. The molecule has 0 spiro atoms. The molecule has 1 atom stereocenters. The van der Waals surface area contributed by atoms with Gasteiger partial charge < -0.3 is 14.6 Å². The fourth-order valence-electron chi connectivity index (χ4n) is 3.80. The molecule has 3 aromatic rings. The van der Waals surface area contributed by atoms with Crippen molar-refractivity contribution in [3.05, 3.63) is 86.4 Å². The summed E-state index contributed by atoms with van der Waals surface area (Å²) in [6.45, 7) is 3.62. The van der Waals surface area contributed by atoms with E-state index in [1.165, 1.54) is 4.57 Å². The first kappa shape index (κ1) is 25.7. The molecule has 0 bridgehead atoms. The largest absolute Gasteiger partial charge is 0.506 e. The molecule has 0 fully saturated rings. The molecule has 0 amide bonds. The van der Waals surface area contributed by atoms with Crippen molar-refractivity contribution in [3.63, 3.8) is 0 Å². The van der Waals surface area contributed by atoms with E-state index in [-0.39, 0.29) is 28.5 Å². The monoisotopic (exact) mass is 640 g/mol. The maximum atomic E-state index is 13.7. The van der Waals surface area contributed by atoms with E-state index in [1.807, 2.05) is 0 Å². The van der Waals surface area contributed by atoms with Crippen LogP contribution in [-0.2, 0) is 9.53 Å². The summed E-state index contributed by atoms with van der Waals surface area (Å²) in [7, 11) is 1.56. The molecule has 1 aromatic heterocycles. The van der Waals surface area contributed by atoms with Crippen molar-refractivity contribution in [2.24, 2.45) is 4.99 Å². The van der Waals surface area contributed by atoms with Crippen molar-refractivity contribution in [1.29, 1.82) is 0 Å². The molecule has 0 unspecified atom stereocenters. The molecule has 0 radical (unpaired) electrons. The summed E-state index contributed by atoms with van der Waals surface area (Å²) >= 11 is 14.1. The smallest absolute Gasteiger partial charge is 0.338 e. The number of thiazole rings is 1. The number of nitrogens with zero attached hydrogens (tertiary/aromatic N) is 2. The average Bonchev–Trinajstić information content (AvgIpc) is 3.10. The summed E-state index contributed by atoms with van der Waals surface area (Å²) in [5.41, 5.74) is 1.42. The minimum atomic E-state index is -0.769. The van der Waals surface area contributed by atoms with Gasteiger partial charge >= 0.3 is 5.97 Å². The first-order chi connectivity index (χ1) is 16.7. The van der Waals surface area contributed by atoms with Gasteiger partial charge in [0.1, 0.15) is 11.5 Å². The van der Waals surface area contributed by atoms with E-state index in [1.54, 1.807) is 57.4 Å². The van der Waals surface area contributed by atoms with E-state index in [4.69, 9.17) is 21.1 Å².